The minimum Gasteiger partial charge on any atom is -0.336 e. The third-order valence-corrected chi connectivity index (χ3v) is 3.13. The predicted molar refractivity (Wildman–Crippen MR) is 61.3 cm³/mol. The summed E-state index contributed by atoms with van der Waals surface area (Å²) in [5, 5.41) is 2.93. The van der Waals surface area contributed by atoms with Crippen LogP contribution in [0.2, 0.25) is 0 Å². The van der Waals surface area contributed by atoms with E-state index < -0.39 is 0 Å². The van der Waals surface area contributed by atoms with Gasteiger partial charge in [-0.2, -0.15) is 0 Å². The Morgan fingerprint density at radius 3 is 3.19 bits per heavy atom. The molecule has 0 saturated carbocycles. The van der Waals surface area contributed by atoms with E-state index in [1.165, 1.54) is 23.7 Å². The Hall–Kier alpha value is -1.36. The molecule has 0 radical (unpaired) electrons. The van der Waals surface area contributed by atoms with Gasteiger partial charge in [0.05, 0.1) is 0 Å². The normalized spacial score (nSPS) is 21.2. The maximum absolute atomic E-state index is 11.7. The molecule has 0 unspecified atom stereocenters. The molecule has 1 aliphatic rings. The Bertz CT molecular complexity index is 336. The summed E-state index contributed by atoms with van der Waals surface area (Å²) in [5.74, 6) is 0. The fourth-order valence-electron chi connectivity index (χ4n) is 2.22. The van der Waals surface area contributed by atoms with E-state index in [0.717, 1.165) is 19.6 Å². The highest BCUT2D eigenvalue weighted by atomic mass is 16.2. The molecule has 1 aromatic rings. The molecule has 1 atom stereocenters. The zero-order chi connectivity index (χ0) is 11.4. The van der Waals surface area contributed by atoms with Crippen molar-refractivity contribution in [3.05, 3.63) is 18.7 Å². The van der Waals surface area contributed by atoms with E-state index in [9.17, 15) is 4.79 Å². The van der Waals surface area contributed by atoms with Crippen LogP contribution in [0.15, 0.2) is 18.7 Å². The molecule has 5 nitrogen and oxygen atoms in total. The first kappa shape index (κ1) is 11.1. The fourth-order valence-corrected chi connectivity index (χ4v) is 2.22. The summed E-state index contributed by atoms with van der Waals surface area (Å²) in [5.41, 5.74) is 0. The van der Waals surface area contributed by atoms with Gasteiger partial charge in [0.2, 0.25) is 0 Å². The van der Waals surface area contributed by atoms with Crippen LogP contribution in [0.1, 0.15) is 19.8 Å². The van der Waals surface area contributed by atoms with Gasteiger partial charge in [-0.15, -0.1) is 0 Å². The number of rotatable bonds is 3. The number of likely N-dealkylation sites (N-methyl/N-ethyl adjacent to an activating group) is 1. The number of imidazole rings is 1. The molecule has 2 rings (SSSR count). The monoisotopic (exact) mass is 222 g/mol. The first-order chi connectivity index (χ1) is 7.81. The van der Waals surface area contributed by atoms with Crippen molar-refractivity contribution < 1.29 is 4.79 Å². The number of aromatic nitrogens is 2. The van der Waals surface area contributed by atoms with Gasteiger partial charge in [0.1, 0.15) is 6.33 Å². The van der Waals surface area contributed by atoms with Gasteiger partial charge in [-0.1, -0.05) is 6.92 Å². The van der Waals surface area contributed by atoms with E-state index in [1.807, 2.05) is 0 Å². The molecule has 0 bridgehead atoms. The highest BCUT2D eigenvalue weighted by Gasteiger charge is 2.23. The predicted octanol–water partition coefficient (Wildman–Crippen LogP) is 0.925. The van der Waals surface area contributed by atoms with Gasteiger partial charge < -0.3 is 5.32 Å². The number of nitrogens with zero attached hydrogens (tertiary/aromatic N) is 3. The lowest BCUT2D eigenvalue weighted by molar-refractivity contribution is 0.230. The molecule has 0 spiro atoms. The van der Waals surface area contributed by atoms with Crippen LogP contribution in [0.25, 0.3) is 0 Å². The zero-order valence-corrected chi connectivity index (χ0v) is 9.59. The largest absolute Gasteiger partial charge is 0.336 e. The molecule has 1 amide bonds. The molecule has 1 aliphatic heterocycles. The van der Waals surface area contributed by atoms with Crippen LogP contribution in [-0.2, 0) is 0 Å². The molecule has 1 aromatic heterocycles. The summed E-state index contributed by atoms with van der Waals surface area (Å²) in [6.45, 7) is 5.11. The smallest absolute Gasteiger partial charge is 0.326 e. The molecule has 1 saturated heterocycles. The lowest BCUT2D eigenvalue weighted by Crippen LogP contribution is -2.41. The second-order valence-electron chi connectivity index (χ2n) is 4.08. The number of amides is 1. The second kappa shape index (κ2) is 5.12. The number of likely N-dealkylation sites (tertiary alicyclic amines) is 1. The Labute approximate surface area is 95.5 Å². The quantitative estimate of drug-likeness (QED) is 0.827. The maximum Gasteiger partial charge on any atom is 0.326 e. The average Bonchev–Trinajstić information content (AvgIpc) is 2.96. The number of carbonyl (C=O) groups is 1. The van der Waals surface area contributed by atoms with Gasteiger partial charge in [-0.3, -0.25) is 9.47 Å². The Kier molecular flexibility index (Phi) is 3.56. The molecule has 2 heterocycles. The molecule has 1 fully saturated rings. The van der Waals surface area contributed by atoms with E-state index in [4.69, 9.17) is 0 Å². The lowest BCUT2D eigenvalue weighted by atomic mass is 10.2. The number of hydrogen-bond acceptors (Lipinski definition) is 3. The fraction of sp³-hybridized carbons (Fsp3) is 0.636. The number of hydrogen-bond donors (Lipinski definition) is 1. The number of nitrogens with one attached hydrogen (secondary N) is 1. The molecule has 0 aromatic carbocycles. The molecule has 1 N–H and O–H groups in total. The molecule has 5 heteroatoms. The minimum absolute atomic E-state index is 0.0968. The average molecular weight is 222 g/mol. The minimum atomic E-state index is -0.0968. The summed E-state index contributed by atoms with van der Waals surface area (Å²) in [4.78, 5) is 17.9. The Morgan fingerprint density at radius 2 is 2.50 bits per heavy atom. The van der Waals surface area contributed by atoms with Crippen molar-refractivity contribution >= 4 is 6.03 Å². The van der Waals surface area contributed by atoms with Crippen molar-refractivity contribution in [1.82, 2.24) is 19.8 Å². The van der Waals surface area contributed by atoms with Gasteiger partial charge in [0.25, 0.3) is 0 Å². The summed E-state index contributed by atoms with van der Waals surface area (Å²) in [6.07, 6.45) is 7.19. The SMILES string of the molecule is CCN1CCC[C@H]1CNC(=O)n1ccnc1. The highest BCUT2D eigenvalue weighted by molar-refractivity contribution is 5.76. The van der Waals surface area contributed by atoms with Gasteiger partial charge in [0.15, 0.2) is 0 Å². The van der Waals surface area contributed by atoms with Gasteiger partial charge in [0, 0.05) is 25.0 Å². The molecule has 16 heavy (non-hydrogen) atoms. The van der Waals surface area contributed by atoms with Crippen LogP contribution in [0.3, 0.4) is 0 Å². The van der Waals surface area contributed by atoms with Crippen LogP contribution in [0.5, 0.6) is 0 Å². The van der Waals surface area contributed by atoms with Crippen molar-refractivity contribution in [1.29, 1.82) is 0 Å². The molecule has 88 valence electrons. The summed E-state index contributed by atoms with van der Waals surface area (Å²) in [6, 6.07) is 0.401. The van der Waals surface area contributed by atoms with Crippen LogP contribution in [-0.4, -0.2) is 46.2 Å². The van der Waals surface area contributed by atoms with Crippen LogP contribution < -0.4 is 5.32 Å². The topological polar surface area (TPSA) is 50.2 Å². The summed E-state index contributed by atoms with van der Waals surface area (Å²) in [7, 11) is 0. The first-order valence-electron chi connectivity index (χ1n) is 5.81. The first-order valence-corrected chi connectivity index (χ1v) is 5.81. The van der Waals surface area contributed by atoms with Crippen LogP contribution in [0.4, 0.5) is 4.79 Å². The van der Waals surface area contributed by atoms with Gasteiger partial charge in [-0.25, -0.2) is 9.78 Å². The maximum atomic E-state index is 11.7. The number of carbonyl (C=O) groups excluding carboxylic acids is 1. The van der Waals surface area contributed by atoms with E-state index in [-0.39, 0.29) is 6.03 Å². The van der Waals surface area contributed by atoms with Crippen molar-refractivity contribution in [3.8, 4) is 0 Å². The van der Waals surface area contributed by atoms with Gasteiger partial charge >= 0.3 is 6.03 Å². The van der Waals surface area contributed by atoms with Crippen molar-refractivity contribution in [3.63, 3.8) is 0 Å². The molecular formula is C11H18N4O. The zero-order valence-electron chi connectivity index (χ0n) is 9.59. The molecular weight excluding hydrogens is 204 g/mol. The van der Waals surface area contributed by atoms with Crippen LogP contribution >= 0.6 is 0 Å². The summed E-state index contributed by atoms with van der Waals surface area (Å²) < 4.78 is 1.46. The highest BCUT2D eigenvalue weighted by Crippen LogP contribution is 2.15. The third-order valence-electron chi connectivity index (χ3n) is 3.13. The lowest BCUT2D eigenvalue weighted by Gasteiger charge is -2.22. The third kappa shape index (κ3) is 2.41. The summed E-state index contributed by atoms with van der Waals surface area (Å²) >= 11 is 0. The Morgan fingerprint density at radius 1 is 1.62 bits per heavy atom. The standard InChI is InChI=1S/C11H18N4O/c1-2-14-6-3-4-10(14)8-13-11(16)15-7-5-12-9-15/h5,7,9-10H,2-4,6,8H2,1H3,(H,13,16)/t10-/m0/s1. The van der Waals surface area contributed by atoms with E-state index in [2.05, 4.69) is 22.1 Å². The van der Waals surface area contributed by atoms with Crippen molar-refractivity contribution in [2.24, 2.45) is 0 Å². The van der Waals surface area contributed by atoms with E-state index in [0.29, 0.717) is 6.04 Å². The Balaban J connectivity index is 1.81. The second-order valence-corrected chi connectivity index (χ2v) is 4.08. The van der Waals surface area contributed by atoms with E-state index >= 15 is 0 Å². The molecule has 0 aliphatic carbocycles. The van der Waals surface area contributed by atoms with E-state index in [1.54, 1.807) is 12.4 Å². The van der Waals surface area contributed by atoms with Crippen molar-refractivity contribution in [2.45, 2.75) is 25.8 Å². The van der Waals surface area contributed by atoms with Crippen molar-refractivity contribution in [2.75, 3.05) is 19.6 Å². The van der Waals surface area contributed by atoms with Crippen LogP contribution in [0, 0.1) is 0 Å². The van der Waals surface area contributed by atoms with Gasteiger partial charge in [-0.05, 0) is 25.9 Å².